The number of hydrogen-bond donors (Lipinski definition) is 2. The zero-order chi connectivity index (χ0) is 20.6. The topological polar surface area (TPSA) is 61.8 Å². The third-order valence-corrected chi connectivity index (χ3v) is 5.38. The Morgan fingerprint density at radius 1 is 1.24 bits per heavy atom. The van der Waals surface area contributed by atoms with Crippen LogP contribution in [-0.4, -0.2) is 54.9 Å². The Morgan fingerprint density at radius 3 is 2.66 bits per heavy atom. The third kappa shape index (κ3) is 5.63. The largest absolute Gasteiger partial charge is 0.395 e. The number of amides is 1. The zero-order valence-corrected chi connectivity index (χ0v) is 16.8. The van der Waals surface area contributed by atoms with Gasteiger partial charge in [-0.15, -0.1) is 0 Å². The van der Waals surface area contributed by atoms with Crippen molar-refractivity contribution < 1.29 is 19.0 Å². The molecule has 0 spiro atoms. The van der Waals surface area contributed by atoms with E-state index in [0.717, 1.165) is 37.0 Å². The van der Waals surface area contributed by atoms with Gasteiger partial charge in [0.25, 0.3) is 0 Å². The number of nitrogens with zero attached hydrogens (tertiary/aromatic N) is 1. The van der Waals surface area contributed by atoms with Gasteiger partial charge < -0.3 is 20.1 Å². The van der Waals surface area contributed by atoms with Crippen LogP contribution in [0.4, 0.5) is 4.39 Å². The molecule has 6 heteroatoms. The smallest absolute Gasteiger partial charge is 0.210 e. The molecule has 2 heterocycles. The second-order valence-corrected chi connectivity index (χ2v) is 7.50. The average Bonchev–Trinajstić information content (AvgIpc) is 3.17. The average molecular weight is 400 g/mol. The summed E-state index contributed by atoms with van der Waals surface area (Å²) in [6.45, 7) is 4.45. The van der Waals surface area contributed by atoms with E-state index in [4.69, 9.17) is 9.84 Å². The highest BCUT2D eigenvalue weighted by Gasteiger charge is 2.27. The summed E-state index contributed by atoms with van der Waals surface area (Å²) in [5, 5.41) is 11.7. The molecule has 0 radical (unpaired) electrons. The Labute approximate surface area is 171 Å². The summed E-state index contributed by atoms with van der Waals surface area (Å²) in [6.07, 6.45) is 3.20. The lowest BCUT2D eigenvalue weighted by Crippen LogP contribution is -2.34. The summed E-state index contributed by atoms with van der Waals surface area (Å²) in [4.78, 5) is 13.0. The molecule has 1 amide bonds. The maximum Gasteiger partial charge on any atom is 0.210 e. The van der Waals surface area contributed by atoms with Gasteiger partial charge in [0.2, 0.25) is 6.41 Å². The van der Waals surface area contributed by atoms with E-state index >= 15 is 0 Å². The van der Waals surface area contributed by atoms with E-state index in [1.165, 1.54) is 17.7 Å². The molecule has 3 atom stereocenters. The molecule has 2 aromatic carbocycles. The molecule has 0 aliphatic carbocycles. The number of nitrogens with one attached hydrogen (secondary N) is 1. The van der Waals surface area contributed by atoms with E-state index in [2.05, 4.69) is 18.3 Å². The molecule has 29 heavy (non-hydrogen) atoms. The number of ether oxygens (including phenoxy) is 1. The maximum atomic E-state index is 13.0. The van der Waals surface area contributed by atoms with Gasteiger partial charge in [-0.2, -0.15) is 0 Å². The second-order valence-electron chi connectivity index (χ2n) is 7.50. The number of benzene rings is 2. The summed E-state index contributed by atoms with van der Waals surface area (Å²) in [6, 6.07) is 14.8. The first kappa shape index (κ1) is 21.4. The van der Waals surface area contributed by atoms with Crippen molar-refractivity contribution in [3.8, 4) is 0 Å². The molecule has 2 N–H and O–H groups in total. The van der Waals surface area contributed by atoms with Crippen molar-refractivity contribution in [1.82, 2.24) is 10.2 Å². The first-order valence-corrected chi connectivity index (χ1v) is 10.1. The highest BCUT2D eigenvalue weighted by atomic mass is 19.1. The molecule has 0 bridgehead atoms. The van der Waals surface area contributed by atoms with Crippen LogP contribution < -0.4 is 5.32 Å². The lowest BCUT2D eigenvalue weighted by Gasteiger charge is -2.35. The van der Waals surface area contributed by atoms with Crippen LogP contribution >= 0.6 is 0 Å². The van der Waals surface area contributed by atoms with Crippen LogP contribution in [0.25, 0.3) is 0 Å². The molecule has 0 aromatic heterocycles. The van der Waals surface area contributed by atoms with E-state index in [1.807, 2.05) is 18.2 Å². The Kier molecular flexibility index (Phi) is 7.75. The van der Waals surface area contributed by atoms with Crippen LogP contribution in [0.3, 0.4) is 0 Å². The monoisotopic (exact) mass is 400 g/mol. The molecule has 1 saturated heterocycles. The minimum atomic E-state index is -0.259. The van der Waals surface area contributed by atoms with Gasteiger partial charge in [-0.05, 0) is 48.6 Å². The molecular formula is C23H29FN2O3. The zero-order valence-electron chi connectivity index (χ0n) is 16.8. The second kappa shape index (κ2) is 10.5. The van der Waals surface area contributed by atoms with Gasteiger partial charge in [0, 0.05) is 19.1 Å². The van der Waals surface area contributed by atoms with E-state index in [9.17, 15) is 9.18 Å². The fourth-order valence-electron chi connectivity index (χ4n) is 3.94. The van der Waals surface area contributed by atoms with Crippen LogP contribution in [0.15, 0.2) is 48.5 Å². The first-order valence-electron chi connectivity index (χ1n) is 10.1. The number of aliphatic hydroxyl groups excluding tert-OH is 1. The van der Waals surface area contributed by atoms with Crippen molar-refractivity contribution in [3.63, 3.8) is 0 Å². The molecule has 0 saturated carbocycles. The molecule has 2 aliphatic rings. The number of carbonyl (C=O) groups excluding carboxylic acids is 1. The standard InChI is InChI=1S/C16H14FNO.C7H15NO2/c17-14-7-5-13(6-8-14)16-15-4-2-1-3-12(15)9-10-18(16)11-19;1-6-4-7(5-10-6)8-2-3-9/h1-8,11,16H,9-10H2;6-9H,2-5H2,1H3/t16-;6-,7+/m01/s1. The molecule has 2 aromatic rings. The highest BCUT2D eigenvalue weighted by Crippen LogP contribution is 2.34. The number of carbonyl (C=O) groups is 1. The van der Waals surface area contributed by atoms with Gasteiger partial charge >= 0.3 is 0 Å². The Balaban J connectivity index is 0.000000204. The fraction of sp³-hybridized carbons (Fsp3) is 0.435. The normalized spacial score (nSPS) is 23.1. The van der Waals surface area contributed by atoms with Gasteiger partial charge in [-0.25, -0.2) is 4.39 Å². The first-order chi connectivity index (χ1) is 14.1. The Morgan fingerprint density at radius 2 is 2.00 bits per heavy atom. The summed E-state index contributed by atoms with van der Waals surface area (Å²) in [5.74, 6) is -0.259. The van der Waals surface area contributed by atoms with E-state index in [0.29, 0.717) is 25.2 Å². The third-order valence-electron chi connectivity index (χ3n) is 5.38. The predicted molar refractivity (Wildman–Crippen MR) is 110 cm³/mol. The van der Waals surface area contributed by atoms with Crippen molar-refractivity contribution in [1.29, 1.82) is 0 Å². The quantitative estimate of drug-likeness (QED) is 0.758. The molecule has 0 unspecified atom stereocenters. The van der Waals surface area contributed by atoms with Crippen molar-refractivity contribution in [2.24, 2.45) is 0 Å². The van der Waals surface area contributed by atoms with Crippen molar-refractivity contribution in [2.75, 3.05) is 26.3 Å². The Bertz CT molecular complexity index is 784. The fourth-order valence-corrected chi connectivity index (χ4v) is 3.94. The van der Waals surface area contributed by atoms with E-state index in [-0.39, 0.29) is 18.5 Å². The highest BCUT2D eigenvalue weighted by molar-refractivity contribution is 5.54. The summed E-state index contributed by atoms with van der Waals surface area (Å²) < 4.78 is 18.4. The molecule has 2 aliphatic heterocycles. The van der Waals surface area contributed by atoms with Gasteiger partial charge in [-0.1, -0.05) is 36.4 Å². The minimum absolute atomic E-state index is 0.108. The van der Waals surface area contributed by atoms with Crippen molar-refractivity contribution in [2.45, 2.75) is 38.0 Å². The number of aliphatic hydroxyl groups is 1. The Hall–Kier alpha value is -2.28. The van der Waals surface area contributed by atoms with Crippen LogP contribution in [-0.2, 0) is 16.0 Å². The van der Waals surface area contributed by atoms with Gasteiger partial charge in [0.05, 0.1) is 25.4 Å². The number of hydrogen-bond acceptors (Lipinski definition) is 4. The summed E-state index contributed by atoms with van der Waals surface area (Å²) in [7, 11) is 0. The van der Waals surface area contributed by atoms with Gasteiger partial charge in [0.15, 0.2) is 0 Å². The molecule has 156 valence electrons. The van der Waals surface area contributed by atoms with E-state index < -0.39 is 0 Å². The van der Waals surface area contributed by atoms with Crippen LogP contribution in [0.2, 0.25) is 0 Å². The molecule has 5 nitrogen and oxygen atoms in total. The maximum absolute atomic E-state index is 13.0. The lowest BCUT2D eigenvalue weighted by atomic mass is 9.88. The van der Waals surface area contributed by atoms with Crippen molar-refractivity contribution in [3.05, 3.63) is 71.0 Å². The van der Waals surface area contributed by atoms with Gasteiger partial charge in [-0.3, -0.25) is 4.79 Å². The SMILES string of the molecule is C[C@@H]1C[C@H](NCCO)CO1.O=CN1CCc2ccccc2[C@@H]1c1ccc(F)cc1. The van der Waals surface area contributed by atoms with E-state index in [1.54, 1.807) is 17.0 Å². The molecular weight excluding hydrogens is 371 g/mol. The van der Waals surface area contributed by atoms with Crippen LogP contribution in [0, 0.1) is 5.82 Å². The number of halogens is 1. The van der Waals surface area contributed by atoms with Crippen LogP contribution in [0.5, 0.6) is 0 Å². The molecule has 4 rings (SSSR count). The minimum Gasteiger partial charge on any atom is -0.395 e. The number of rotatable bonds is 5. The van der Waals surface area contributed by atoms with Crippen molar-refractivity contribution >= 4 is 6.41 Å². The summed E-state index contributed by atoms with van der Waals surface area (Å²) in [5.41, 5.74) is 3.34. The predicted octanol–water partition coefficient (Wildman–Crippen LogP) is 2.68. The number of fused-ring (bicyclic) bond motifs is 1. The van der Waals surface area contributed by atoms with Gasteiger partial charge in [0.1, 0.15) is 5.82 Å². The van der Waals surface area contributed by atoms with Crippen LogP contribution in [0.1, 0.15) is 36.1 Å². The summed E-state index contributed by atoms with van der Waals surface area (Å²) >= 11 is 0. The molecule has 1 fully saturated rings. The lowest BCUT2D eigenvalue weighted by molar-refractivity contribution is -0.119.